The van der Waals surface area contributed by atoms with E-state index in [4.69, 9.17) is 15.5 Å². The zero-order valence-corrected chi connectivity index (χ0v) is 15.9. The average Bonchev–Trinajstić information content (AvgIpc) is 2.84. The number of rotatable bonds is 5. The second kappa shape index (κ2) is 6.57. The Morgan fingerprint density at radius 1 is 1.39 bits per heavy atom. The minimum atomic E-state index is -0.0991. The first kappa shape index (κ1) is 17.0. The average molecular weight is 352 g/mol. The number of hydrogen-bond acceptors (Lipinski definition) is 6. The lowest BCUT2D eigenvalue weighted by molar-refractivity contribution is -0.0542. The van der Waals surface area contributed by atoms with Crippen LogP contribution in [0.3, 0.4) is 0 Å². The fourth-order valence-electron chi connectivity index (χ4n) is 2.76. The molecule has 0 bridgehead atoms. The van der Waals surface area contributed by atoms with Crippen molar-refractivity contribution in [1.82, 2.24) is 9.97 Å². The number of hydrogen-bond donors (Lipinski definition) is 1. The van der Waals surface area contributed by atoms with Gasteiger partial charge in [-0.25, -0.2) is 9.97 Å². The summed E-state index contributed by atoms with van der Waals surface area (Å²) in [5.41, 5.74) is 7.49. The Kier molecular flexibility index (Phi) is 4.85. The molecule has 0 fully saturated rings. The van der Waals surface area contributed by atoms with Crippen molar-refractivity contribution in [3.63, 3.8) is 0 Å². The SMILES string of the molecule is CC[C@]1(C)Cc2c(sc3nc(SCCC(C)C)nc(N)c23)CO1. The van der Waals surface area contributed by atoms with Gasteiger partial charge in [0.05, 0.1) is 17.6 Å². The van der Waals surface area contributed by atoms with Gasteiger partial charge >= 0.3 is 0 Å². The molecule has 2 N–H and O–H groups in total. The highest BCUT2D eigenvalue weighted by atomic mass is 32.2. The molecule has 3 heterocycles. The molecule has 6 heteroatoms. The van der Waals surface area contributed by atoms with E-state index in [9.17, 15) is 0 Å². The van der Waals surface area contributed by atoms with Crippen molar-refractivity contribution in [2.75, 3.05) is 11.5 Å². The van der Waals surface area contributed by atoms with E-state index in [0.29, 0.717) is 18.3 Å². The Hall–Kier alpha value is -0.850. The van der Waals surface area contributed by atoms with Crippen molar-refractivity contribution in [2.24, 2.45) is 5.92 Å². The van der Waals surface area contributed by atoms with E-state index in [2.05, 4.69) is 32.7 Å². The maximum Gasteiger partial charge on any atom is 0.190 e. The molecule has 0 aliphatic carbocycles. The minimum Gasteiger partial charge on any atom is -0.383 e. The first-order chi connectivity index (χ1) is 10.9. The largest absolute Gasteiger partial charge is 0.383 e. The molecule has 1 atom stereocenters. The Morgan fingerprint density at radius 2 is 2.17 bits per heavy atom. The number of ether oxygens (including phenoxy) is 1. The highest BCUT2D eigenvalue weighted by Crippen LogP contribution is 2.41. The molecule has 0 spiro atoms. The molecule has 0 saturated heterocycles. The molecule has 0 aromatic carbocycles. The summed E-state index contributed by atoms with van der Waals surface area (Å²) in [4.78, 5) is 11.6. The molecule has 2 aromatic rings. The van der Waals surface area contributed by atoms with E-state index in [-0.39, 0.29) is 5.60 Å². The van der Waals surface area contributed by atoms with Crippen LogP contribution >= 0.6 is 23.1 Å². The van der Waals surface area contributed by atoms with Crippen LogP contribution in [0.1, 0.15) is 51.0 Å². The van der Waals surface area contributed by atoms with Crippen LogP contribution in [0.4, 0.5) is 5.82 Å². The number of aromatic nitrogens is 2. The van der Waals surface area contributed by atoms with Crippen LogP contribution in [0.15, 0.2) is 5.16 Å². The van der Waals surface area contributed by atoms with Crippen LogP contribution in [0, 0.1) is 5.92 Å². The zero-order chi connectivity index (χ0) is 16.6. The van der Waals surface area contributed by atoms with Crippen molar-refractivity contribution >= 4 is 39.1 Å². The van der Waals surface area contributed by atoms with Crippen LogP contribution in [-0.2, 0) is 17.8 Å². The van der Waals surface area contributed by atoms with E-state index in [1.807, 2.05) is 0 Å². The predicted molar refractivity (Wildman–Crippen MR) is 99.2 cm³/mol. The van der Waals surface area contributed by atoms with Gasteiger partial charge in [0.25, 0.3) is 0 Å². The summed E-state index contributed by atoms with van der Waals surface area (Å²) >= 11 is 3.41. The molecule has 0 unspecified atom stereocenters. The van der Waals surface area contributed by atoms with E-state index in [1.54, 1.807) is 23.1 Å². The second-order valence-corrected chi connectivity index (χ2v) is 9.02. The molecule has 0 amide bonds. The molecule has 1 aliphatic heterocycles. The summed E-state index contributed by atoms with van der Waals surface area (Å²) < 4.78 is 6.05. The minimum absolute atomic E-state index is 0.0991. The third kappa shape index (κ3) is 3.49. The van der Waals surface area contributed by atoms with E-state index >= 15 is 0 Å². The molecule has 0 saturated carbocycles. The lowest BCUT2D eigenvalue weighted by Crippen LogP contribution is -2.33. The number of thiophene rings is 1. The Balaban J connectivity index is 1.91. The van der Waals surface area contributed by atoms with Gasteiger partial charge in [0.2, 0.25) is 0 Å². The number of thioether (sulfide) groups is 1. The molecule has 0 radical (unpaired) electrons. The Bertz CT molecular complexity index is 713. The van der Waals surface area contributed by atoms with Crippen LogP contribution in [-0.4, -0.2) is 21.3 Å². The second-order valence-electron chi connectivity index (χ2n) is 6.88. The van der Waals surface area contributed by atoms with Gasteiger partial charge in [0.15, 0.2) is 5.16 Å². The monoisotopic (exact) mass is 351 g/mol. The number of fused-ring (bicyclic) bond motifs is 3. The van der Waals surface area contributed by atoms with Gasteiger partial charge in [-0.2, -0.15) is 0 Å². The van der Waals surface area contributed by atoms with Gasteiger partial charge in [-0.3, -0.25) is 0 Å². The van der Waals surface area contributed by atoms with E-state index in [1.165, 1.54) is 10.4 Å². The van der Waals surface area contributed by atoms with Gasteiger partial charge in [0, 0.05) is 17.1 Å². The van der Waals surface area contributed by atoms with Crippen molar-refractivity contribution < 1.29 is 4.74 Å². The number of anilines is 1. The topological polar surface area (TPSA) is 61.0 Å². The van der Waals surface area contributed by atoms with Crippen LogP contribution < -0.4 is 5.73 Å². The van der Waals surface area contributed by atoms with Gasteiger partial charge < -0.3 is 10.5 Å². The number of nitrogens with zero attached hydrogens (tertiary/aromatic N) is 2. The molecule has 3 rings (SSSR count). The van der Waals surface area contributed by atoms with Gasteiger partial charge in [0.1, 0.15) is 10.6 Å². The van der Waals surface area contributed by atoms with Gasteiger partial charge in [-0.1, -0.05) is 32.5 Å². The molecular formula is C17H25N3OS2. The highest BCUT2D eigenvalue weighted by molar-refractivity contribution is 7.99. The highest BCUT2D eigenvalue weighted by Gasteiger charge is 2.32. The molecule has 126 valence electrons. The molecule has 1 aliphatic rings. The zero-order valence-electron chi connectivity index (χ0n) is 14.3. The smallest absolute Gasteiger partial charge is 0.190 e. The standard InChI is InChI=1S/C17H25N3OS2/c1-5-17(4)8-11-12(9-21-17)23-15-13(11)14(18)19-16(20-15)22-7-6-10(2)3/h10H,5-9H2,1-4H3,(H2,18,19,20)/t17-/m1/s1. The molecule has 23 heavy (non-hydrogen) atoms. The Morgan fingerprint density at radius 3 is 2.87 bits per heavy atom. The van der Waals surface area contributed by atoms with Crippen LogP contribution in [0.25, 0.3) is 10.2 Å². The van der Waals surface area contributed by atoms with Crippen molar-refractivity contribution in [3.05, 3.63) is 10.4 Å². The fraction of sp³-hybridized carbons (Fsp3) is 0.647. The van der Waals surface area contributed by atoms with E-state index < -0.39 is 0 Å². The third-order valence-electron chi connectivity index (χ3n) is 4.52. The fourth-order valence-corrected chi connectivity index (χ4v) is 5.02. The maximum absolute atomic E-state index is 6.29. The number of nitrogens with two attached hydrogens (primary N) is 1. The van der Waals surface area contributed by atoms with Crippen molar-refractivity contribution in [3.8, 4) is 0 Å². The molecule has 4 nitrogen and oxygen atoms in total. The summed E-state index contributed by atoms with van der Waals surface area (Å²) in [5, 5.41) is 1.86. The molecular weight excluding hydrogens is 326 g/mol. The normalized spacial score (nSPS) is 21.1. The third-order valence-corrected chi connectivity index (χ3v) is 6.50. The lowest BCUT2D eigenvalue weighted by Gasteiger charge is -2.33. The lowest BCUT2D eigenvalue weighted by atomic mass is 9.90. The first-order valence-electron chi connectivity index (χ1n) is 8.26. The van der Waals surface area contributed by atoms with Crippen LogP contribution in [0.2, 0.25) is 0 Å². The quantitative estimate of drug-likeness (QED) is 0.627. The van der Waals surface area contributed by atoms with Crippen molar-refractivity contribution in [1.29, 1.82) is 0 Å². The van der Waals surface area contributed by atoms with Gasteiger partial charge in [-0.05, 0) is 31.2 Å². The summed E-state index contributed by atoms with van der Waals surface area (Å²) in [6.45, 7) is 9.47. The number of nitrogen functional groups attached to an aromatic ring is 1. The summed E-state index contributed by atoms with van der Waals surface area (Å²) in [5.74, 6) is 2.35. The van der Waals surface area contributed by atoms with Crippen molar-refractivity contribution in [2.45, 2.75) is 64.3 Å². The molecule has 2 aromatic heterocycles. The summed E-state index contributed by atoms with van der Waals surface area (Å²) in [6, 6.07) is 0. The van der Waals surface area contributed by atoms with E-state index in [0.717, 1.165) is 40.4 Å². The predicted octanol–water partition coefficient (Wildman–Crippen LogP) is 4.65. The summed E-state index contributed by atoms with van der Waals surface area (Å²) in [7, 11) is 0. The first-order valence-corrected chi connectivity index (χ1v) is 10.1. The van der Waals surface area contributed by atoms with Gasteiger partial charge in [-0.15, -0.1) is 11.3 Å². The Labute approximate surface area is 146 Å². The maximum atomic E-state index is 6.29. The van der Waals surface area contributed by atoms with Crippen LogP contribution in [0.5, 0.6) is 0 Å². The summed E-state index contributed by atoms with van der Waals surface area (Å²) in [6.07, 6.45) is 3.05.